The summed E-state index contributed by atoms with van der Waals surface area (Å²) in [7, 11) is 1.58. The first-order chi connectivity index (χ1) is 18.5. The van der Waals surface area contributed by atoms with E-state index in [1.807, 2.05) is 47.4 Å². The van der Waals surface area contributed by atoms with Crippen molar-refractivity contribution in [2.75, 3.05) is 51.3 Å². The van der Waals surface area contributed by atoms with Crippen molar-refractivity contribution in [1.29, 1.82) is 0 Å². The van der Waals surface area contributed by atoms with Crippen molar-refractivity contribution in [2.24, 2.45) is 5.92 Å². The summed E-state index contributed by atoms with van der Waals surface area (Å²) >= 11 is 6.30. The van der Waals surface area contributed by atoms with Gasteiger partial charge in [0, 0.05) is 43.9 Å². The van der Waals surface area contributed by atoms with Gasteiger partial charge in [-0.05, 0) is 61.6 Å². The van der Waals surface area contributed by atoms with E-state index < -0.39 is 0 Å². The predicted molar refractivity (Wildman–Crippen MR) is 148 cm³/mol. The van der Waals surface area contributed by atoms with Crippen LogP contribution in [0.2, 0.25) is 5.02 Å². The maximum Gasteiger partial charge on any atom is 0.254 e. The second kappa shape index (κ2) is 11.8. The molecule has 0 radical (unpaired) electrons. The molecule has 2 amide bonds. The van der Waals surface area contributed by atoms with Crippen LogP contribution in [0.4, 0.5) is 5.82 Å². The maximum absolute atomic E-state index is 13.3. The van der Waals surface area contributed by atoms with E-state index >= 15 is 0 Å². The number of aromatic nitrogens is 2. The molecule has 198 valence electrons. The van der Waals surface area contributed by atoms with Gasteiger partial charge in [-0.2, -0.15) is 0 Å². The van der Waals surface area contributed by atoms with Crippen molar-refractivity contribution >= 4 is 29.2 Å². The molecule has 1 aliphatic carbocycles. The van der Waals surface area contributed by atoms with Crippen LogP contribution in [0.15, 0.2) is 60.7 Å². The SMILES string of the molecule is COc1cccc(C(=O)N(CC(=O)N2CCCN(c3ccc(-c4ccccc4Cl)nn3)CC2)CC2CC2)c1. The minimum absolute atomic E-state index is 0.0242. The zero-order valence-corrected chi connectivity index (χ0v) is 22.3. The summed E-state index contributed by atoms with van der Waals surface area (Å²) in [4.78, 5) is 32.4. The third-order valence-electron chi connectivity index (χ3n) is 7.08. The van der Waals surface area contributed by atoms with Gasteiger partial charge in [0.05, 0.1) is 17.8 Å². The highest BCUT2D eigenvalue weighted by molar-refractivity contribution is 6.33. The van der Waals surface area contributed by atoms with Crippen molar-refractivity contribution in [3.63, 3.8) is 0 Å². The average Bonchev–Trinajstić information content (AvgIpc) is 3.79. The Bertz CT molecular complexity index is 1280. The highest BCUT2D eigenvalue weighted by Crippen LogP contribution is 2.30. The average molecular weight is 534 g/mol. The van der Waals surface area contributed by atoms with E-state index in [9.17, 15) is 9.59 Å². The van der Waals surface area contributed by atoms with E-state index in [1.54, 1.807) is 30.2 Å². The molecule has 1 aliphatic heterocycles. The van der Waals surface area contributed by atoms with Gasteiger partial charge >= 0.3 is 0 Å². The third kappa shape index (κ3) is 6.25. The summed E-state index contributed by atoms with van der Waals surface area (Å²) in [5.74, 6) is 1.73. The van der Waals surface area contributed by atoms with Crippen LogP contribution in [0.3, 0.4) is 0 Å². The van der Waals surface area contributed by atoms with Gasteiger partial charge in [0.2, 0.25) is 5.91 Å². The number of halogens is 1. The number of ether oxygens (including phenoxy) is 1. The van der Waals surface area contributed by atoms with Crippen LogP contribution in [0, 0.1) is 5.92 Å². The lowest BCUT2D eigenvalue weighted by molar-refractivity contribution is -0.131. The van der Waals surface area contributed by atoms with Gasteiger partial charge < -0.3 is 19.4 Å². The first-order valence-electron chi connectivity index (χ1n) is 13.1. The molecule has 2 aromatic carbocycles. The molecule has 0 atom stereocenters. The number of rotatable bonds is 8. The molecule has 0 bridgehead atoms. The van der Waals surface area contributed by atoms with Gasteiger partial charge in [0.15, 0.2) is 5.82 Å². The summed E-state index contributed by atoms with van der Waals surface area (Å²) in [6.45, 7) is 3.33. The highest BCUT2D eigenvalue weighted by atomic mass is 35.5. The van der Waals surface area contributed by atoms with Gasteiger partial charge in [0.25, 0.3) is 5.91 Å². The summed E-state index contributed by atoms with van der Waals surface area (Å²) in [6.07, 6.45) is 3.02. The molecule has 8 nitrogen and oxygen atoms in total. The fourth-order valence-electron chi connectivity index (χ4n) is 4.74. The van der Waals surface area contributed by atoms with Crippen LogP contribution >= 0.6 is 11.6 Å². The van der Waals surface area contributed by atoms with Crippen molar-refractivity contribution in [3.05, 3.63) is 71.2 Å². The molecule has 2 aliphatic rings. The Morgan fingerprint density at radius 1 is 1.00 bits per heavy atom. The summed E-state index contributed by atoms with van der Waals surface area (Å²) in [5.41, 5.74) is 2.11. The minimum Gasteiger partial charge on any atom is -0.497 e. The molecule has 0 spiro atoms. The minimum atomic E-state index is -0.130. The Morgan fingerprint density at radius 2 is 1.84 bits per heavy atom. The summed E-state index contributed by atoms with van der Waals surface area (Å²) in [6, 6.07) is 18.6. The number of nitrogens with zero attached hydrogens (tertiary/aromatic N) is 5. The molecular weight excluding hydrogens is 502 g/mol. The van der Waals surface area contributed by atoms with E-state index in [0.717, 1.165) is 42.9 Å². The lowest BCUT2D eigenvalue weighted by Gasteiger charge is -2.27. The fourth-order valence-corrected chi connectivity index (χ4v) is 4.97. The molecule has 1 aromatic heterocycles. The zero-order valence-electron chi connectivity index (χ0n) is 21.6. The van der Waals surface area contributed by atoms with Gasteiger partial charge in [-0.25, -0.2) is 0 Å². The molecule has 0 unspecified atom stereocenters. The Balaban J connectivity index is 1.22. The second-order valence-corrected chi connectivity index (χ2v) is 10.2. The van der Waals surface area contributed by atoms with Crippen LogP contribution in [-0.2, 0) is 4.79 Å². The first-order valence-corrected chi connectivity index (χ1v) is 13.4. The molecule has 5 rings (SSSR count). The molecule has 2 fully saturated rings. The van der Waals surface area contributed by atoms with E-state index in [2.05, 4.69) is 15.1 Å². The normalized spacial score (nSPS) is 15.6. The number of anilines is 1. The largest absolute Gasteiger partial charge is 0.497 e. The first kappa shape index (κ1) is 26.0. The van der Waals surface area contributed by atoms with Crippen LogP contribution in [0.5, 0.6) is 5.75 Å². The lowest BCUT2D eigenvalue weighted by Crippen LogP contribution is -2.45. The smallest absolute Gasteiger partial charge is 0.254 e. The Kier molecular flexibility index (Phi) is 8.08. The fraction of sp³-hybridized carbons (Fsp3) is 0.379. The standard InChI is InChI=1S/C29H32ClN5O3/c1-38-23-7-4-6-22(18-23)29(37)35(19-21-10-11-21)20-28(36)34-15-5-14-33(16-17-34)27-13-12-26(31-32-27)24-8-2-3-9-25(24)30/h2-4,6-9,12-13,18,21H,5,10-11,14-17,19-20H2,1H3. The number of benzene rings is 2. The van der Waals surface area contributed by atoms with Gasteiger partial charge in [-0.15, -0.1) is 10.2 Å². The summed E-state index contributed by atoms with van der Waals surface area (Å²) < 4.78 is 5.28. The summed E-state index contributed by atoms with van der Waals surface area (Å²) in [5, 5.41) is 9.47. The van der Waals surface area contributed by atoms with Crippen molar-refractivity contribution < 1.29 is 14.3 Å². The monoisotopic (exact) mass is 533 g/mol. The van der Waals surface area contributed by atoms with Crippen molar-refractivity contribution in [2.45, 2.75) is 19.3 Å². The van der Waals surface area contributed by atoms with Gasteiger partial charge in [-0.1, -0.05) is 35.9 Å². The zero-order chi connectivity index (χ0) is 26.5. The molecular formula is C29H32ClN5O3. The van der Waals surface area contributed by atoms with Crippen molar-refractivity contribution in [3.8, 4) is 17.0 Å². The lowest BCUT2D eigenvalue weighted by atomic mass is 10.1. The highest BCUT2D eigenvalue weighted by Gasteiger charge is 2.30. The maximum atomic E-state index is 13.3. The number of hydrogen-bond donors (Lipinski definition) is 0. The molecule has 0 N–H and O–H groups in total. The van der Waals surface area contributed by atoms with Gasteiger partial charge in [0.1, 0.15) is 12.3 Å². The van der Waals surface area contributed by atoms with Crippen LogP contribution in [0.1, 0.15) is 29.6 Å². The molecule has 2 heterocycles. The molecule has 1 saturated carbocycles. The predicted octanol–water partition coefficient (Wildman–Crippen LogP) is 4.40. The number of carbonyl (C=O) groups is 2. The van der Waals surface area contributed by atoms with Gasteiger partial charge in [-0.3, -0.25) is 9.59 Å². The van der Waals surface area contributed by atoms with Crippen molar-refractivity contribution in [1.82, 2.24) is 20.0 Å². The van der Waals surface area contributed by atoms with Crippen LogP contribution in [0.25, 0.3) is 11.3 Å². The van der Waals surface area contributed by atoms with E-state index in [0.29, 0.717) is 48.4 Å². The molecule has 38 heavy (non-hydrogen) atoms. The molecule has 3 aromatic rings. The number of carbonyl (C=O) groups excluding carboxylic acids is 2. The Labute approximate surface area is 228 Å². The second-order valence-electron chi connectivity index (χ2n) is 9.84. The molecule has 1 saturated heterocycles. The van der Waals surface area contributed by atoms with Crippen LogP contribution in [-0.4, -0.2) is 78.2 Å². The van der Waals surface area contributed by atoms with E-state index in [4.69, 9.17) is 16.3 Å². The Morgan fingerprint density at radius 3 is 2.58 bits per heavy atom. The van der Waals surface area contributed by atoms with E-state index in [1.165, 1.54) is 0 Å². The molecule has 9 heteroatoms. The third-order valence-corrected chi connectivity index (χ3v) is 7.41. The number of methoxy groups -OCH3 is 1. The number of hydrogen-bond acceptors (Lipinski definition) is 6. The topological polar surface area (TPSA) is 78.9 Å². The van der Waals surface area contributed by atoms with Crippen LogP contribution < -0.4 is 9.64 Å². The number of amides is 2. The quantitative estimate of drug-likeness (QED) is 0.427. The van der Waals surface area contributed by atoms with E-state index in [-0.39, 0.29) is 18.4 Å². The Hall–Kier alpha value is -3.65.